The summed E-state index contributed by atoms with van der Waals surface area (Å²) in [5, 5.41) is 8.66. The van der Waals surface area contributed by atoms with Crippen LogP contribution in [0.1, 0.15) is 262 Å². The fourth-order valence-corrected chi connectivity index (χ4v) is 18.0. The van der Waals surface area contributed by atoms with Crippen molar-refractivity contribution in [3.8, 4) is 41.0 Å². The van der Waals surface area contributed by atoms with E-state index in [1.165, 1.54) is 154 Å². The first-order valence-electron chi connectivity index (χ1n) is 48.8. The molecule has 710 valence electrons. The summed E-state index contributed by atoms with van der Waals surface area (Å²) in [5.74, 6) is 3.78. The van der Waals surface area contributed by atoms with Crippen LogP contribution < -0.4 is 75.5 Å². The van der Waals surface area contributed by atoms with Crippen molar-refractivity contribution in [3.05, 3.63) is 156 Å². The molecule has 10 rings (SSSR count). The first kappa shape index (κ1) is 102. The molecule has 1 aliphatic heterocycles. The Balaban J connectivity index is 0.946. The van der Waals surface area contributed by atoms with Gasteiger partial charge < -0.3 is 75.5 Å². The number of aromatic nitrogens is 9. The minimum Gasteiger partial charge on any atom is -0.494 e. The molecule has 9 aromatic rings. The summed E-state index contributed by atoms with van der Waals surface area (Å²) in [6.45, 7) is 14.4. The number of unbranched alkanes of at least 4 members (excludes halogenated alkanes) is 28. The van der Waals surface area contributed by atoms with Crippen LogP contribution in [-0.4, -0.2) is 160 Å². The maximum Gasteiger partial charge on any atom is 0.323 e. The van der Waals surface area contributed by atoms with E-state index < -0.39 is 20.9 Å². The van der Waals surface area contributed by atoms with Gasteiger partial charge in [-0.3, -0.25) is 0 Å². The van der Waals surface area contributed by atoms with Gasteiger partial charge in [0.15, 0.2) is 0 Å². The van der Waals surface area contributed by atoms with Crippen molar-refractivity contribution in [2.75, 3.05) is 144 Å². The van der Waals surface area contributed by atoms with Crippen LogP contribution in [0.15, 0.2) is 138 Å². The first-order valence-corrected chi connectivity index (χ1v) is 50.3. The van der Waals surface area contributed by atoms with Gasteiger partial charge in [0.2, 0.25) is 45.7 Å². The lowest BCUT2D eigenvalue weighted by atomic mass is 9.77. The van der Waals surface area contributed by atoms with Crippen LogP contribution in [0.5, 0.6) is 41.0 Å². The highest BCUT2D eigenvalue weighted by Crippen LogP contribution is 2.37. The van der Waals surface area contributed by atoms with E-state index in [0.29, 0.717) is 89.7 Å². The van der Waals surface area contributed by atoms with Gasteiger partial charge in [0, 0.05) is 74.1 Å². The van der Waals surface area contributed by atoms with Gasteiger partial charge in [-0.25, -0.2) is 13.1 Å². The van der Waals surface area contributed by atoms with Crippen LogP contribution in [0, 0.1) is 10.8 Å². The minimum absolute atomic E-state index is 0.0165. The third kappa shape index (κ3) is 36.8. The zero-order valence-electron chi connectivity index (χ0n) is 78.9. The van der Waals surface area contributed by atoms with E-state index in [1.54, 1.807) is 12.1 Å². The lowest BCUT2D eigenvalue weighted by molar-refractivity contribution is 0.121. The molecule has 0 radical (unpaired) electrons. The van der Waals surface area contributed by atoms with Crippen molar-refractivity contribution in [1.29, 1.82) is 0 Å². The van der Waals surface area contributed by atoms with E-state index in [0.717, 1.165) is 108 Å². The zero-order chi connectivity index (χ0) is 91.5. The number of ether oxygens (including phenoxy) is 8. The Hall–Kier alpha value is -10.3. The number of morpholine rings is 1. The highest BCUT2D eigenvalue weighted by Gasteiger charge is 2.37. The molecule has 1 saturated heterocycles. The molecule has 3 aromatic heterocycles. The lowest BCUT2D eigenvalue weighted by Gasteiger charge is -2.35. The van der Waals surface area contributed by atoms with Crippen LogP contribution >= 0.6 is 0 Å². The molecule has 0 aliphatic carbocycles. The second kappa shape index (κ2) is 57.1. The van der Waals surface area contributed by atoms with E-state index in [-0.39, 0.29) is 98.5 Å². The fourth-order valence-electron chi connectivity index (χ4n) is 16.7. The zero-order valence-corrected chi connectivity index (χ0v) is 79.7. The largest absolute Gasteiger partial charge is 0.494 e. The number of nitrogen functional groups attached to an aromatic ring is 3. The number of hydrogen-bond acceptors (Lipinski definition) is 26. The average molecular weight is 1810 g/mol. The molecular weight excluding hydrogens is 1660 g/mol. The Morgan fingerprint density at radius 3 is 1.08 bits per heavy atom. The standard InChI is InChI=1S/C102H151N17O10S/c1-7-11-15-19-23-27-31-35-65-123-84-54-46-80(47-55-84)72-101(73-81-48-56-85(57-49-81)124-66-36-32-28-24-20-16-12-8-2,76-106-95-109-92(103)112-98(115-95)127-69-41-62-108-130(120,121)91-45-40-42-88-89(91)43-39-44-90(88)118(5)6)78-128-99-113-93(104)110-96(116-99)107-77-102(79-129-100-114-94(105)111-97(117-100)119-63-70-122-71-64-119,74-82-50-58-86(59-51-82)125-67-37-33-29-25-21-17-13-9-3)75-83-52-60-87(61-53-83)126-68-38-34-30-26-22-18-14-10-4/h39-40,42-61,108H,7-38,41,62-79H2,1-6H3,(H2,105,111,114,117)(H3,103,106,109,112,115)(H3,104,107,110,113,116). The Labute approximate surface area is 775 Å². The Morgan fingerprint density at radius 2 is 0.700 bits per heavy atom. The molecular formula is C102H151N17O10S. The molecule has 27 nitrogen and oxygen atoms in total. The Bertz CT molecular complexity index is 4630. The Kier molecular flexibility index (Phi) is 44.7. The summed E-state index contributed by atoms with van der Waals surface area (Å²) >= 11 is 0. The van der Waals surface area contributed by atoms with Gasteiger partial charge in [-0.15, -0.1) is 0 Å². The summed E-state index contributed by atoms with van der Waals surface area (Å²) < 4.78 is 82.0. The van der Waals surface area contributed by atoms with Crippen LogP contribution in [0.4, 0.5) is 41.4 Å². The average Bonchev–Trinajstić information content (AvgIpc) is 0.770. The van der Waals surface area contributed by atoms with Crippen LogP contribution in [0.2, 0.25) is 0 Å². The quantitative estimate of drug-likeness (QED) is 0.0193. The molecule has 9 N–H and O–H groups in total. The topological polar surface area (TPSA) is 345 Å². The van der Waals surface area contributed by atoms with Gasteiger partial charge in [0.1, 0.15) is 23.0 Å². The van der Waals surface area contributed by atoms with Crippen molar-refractivity contribution in [1.82, 2.24) is 49.6 Å². The van der Waals surface area contributed by atoms with Gasteiger partial charge in [0.05, 0.1) is 64.4 Å². The smallest absolute Gasteiger partial charge is 0.323 e. The summed E-state index contributed by atoms with van der Waals surface area (Å²) in [7, 11) is -0.0563. The van der Waals surface area contributed by atoms with E-state index in [2.05, 4.69) is 136 Å². The van der Waals surface area contributed by atoms with Gasteiger partial charge in [-0.05, 0) is 141 Å². The molecule has 0 spiro atoms. The number of sulfonamides is 1. The first-order chi connectivity index (χ1) is 63.5. The third-order valence-electron chi connectivity index (χ3n) is 24.0. The number of rotatable bonds is 69. The summed E-state index contributed by atoms with van der Waals surface area (Å²) in [6, 6.07) is 44.3. The molecule has 4 heterocycles. The van der Waals surface area contributed by atoms with Gasteiger partial charge in [-0.1, -0.05) is 280 Å². The normalized spacial score (nSPS) is 12.5. The fraction of sp³-hybridized carbons (Fsp3) is 0.578. The van der Waals surface area contributed by atoms with Crippen molar-refractivity contribution in [2.45, 2.75) is 270 Å². The van der Waals surface area contributed by atoms with Crippen molar-refractivity contribution < 1.29 is 46.3 Å². The summed E-state index contributed by atoms with van der Waals surface area (Å²) in [4.78, 5) is 46.4. The number of nitrogens with zero attached hydrogens (tertiary/aromatic N) is 11. The summed E-state index contributed by atoms with van der Waals surface area (Å²) in [5.41, 5.74) is 23.1. The van der Waals surface area contributed by atoms with E-state index in [4.69, 9.17) is 80.0 Å². The monoisotopic (exact) mass is 1810 g/mol. The van der Waals surface area contributed by atoms with Crippen molar-refractivity contribution in [3.63, 3.8) is 0 Å². The maximum absolute atomic E-state index is 13.9. The van der Waals surface area contributed by atoms with E-state index in [9.17, 15) is 8.42 Å². The highest BCUT2D eigenvalue weighted by atomic mass is 32.2. The second-order valence-electron chi connectivity index (χ2n) is 35.5. The molecule has 0 bridgehead atoms. The maximum atomic E-state index is 13.9. The van der Waals surface area contributed by atoms with Crippen molar-refractivity contribution >= 4 is 62.2 Å². The predicted molar refractivity (Wildman–Crippen MR) is 525 cm³/mol. The summed E-state index contributed by atoms with van der Waals surface area (Å²) in [6.07, 6.45) is 40.8. The third-order valence-corrected chi connectivity index (χ3v) is 25.5. The molecule has 0 amide bonds. The number of anilines is 7. The highest BCUT2D eigenvalue weighted by molar-refractivity contribution is 7.89. The number of benzene rings is 6. The predicted octanol–water partition coefficient (Wildman–Crippen LogP) is 20.8. The van der Waals surface area contributed by atoms with Crippen molar-refractivity contribution in [2.24, 2.45) is 10.8 Å². The lowest BCUT2D eigenvalue weighted by Crippen LogP contribution is -2.41. The van der Waals surface area contributed by atoms with E-state index in [1.807, 2.05) is 72.4 Å². The molecule has 0 atom stereocenters. The van der Waals surface area contributed by atoms with Crippen LogP contribution in [0.3, 0.4) is 0 Å². The number of fused-ring (bicyclic) bond motifs is 1. The SMILES string of the molecule is CCCCCCCCCCOc1ccc(CC(CNc2nc(N)nc(OCCCNS(=O)(=O)c3cccc4c(N(C)C)cccc34)n2)(COc2nc(N)nc(NCC(COc3nc(N)nc(N4CCOCC4)n3)(Cc3ccc(OCCCCCCCCCC)cc3)Cc3ccc(OCCCCCCCCCC)cc3)n2)Cc2ccc(OCCCCCCCCCC)cc2)cc1. The molecule has 130 heavy (non-hydrogen) atoms. The number of nitrogens with two attached hydrogens (primary N) is 3. The van der Waals surface area contributed by atoms with Gasteiger partial charge >= 0.3 is 18.0 Å². The molecule has 0 unspecified atom stereocenters. The van der Waals surface area contributed by atoms with Gasteiger partial charge in [0.25, 0.3) is 0 Å². The number of hydrogen-bond donors (Lipinski definition) is 6. The van der Waals surface area contributed by atoms with Crippen LogP contribution in [0.25, 0.3) is 10.8 Å². The molecule has 28 heteroatoms. The second-order valence-corrected chi connectivity index (χ2v) is 37.2. The van der Waals surface area contributed by atoms with Crippen LogP contribution in [-0.2, 0) is 40.4 Å². The molecule has 0 saturated carbocycles. The number of nitrogens with one attached hydrogen (secondary N) is 3. The molecule has 1 aliphatic rings. The molecule has 1 fully saturated rings. The minimum atomic E-state index is -3.92. The van der Waals surface area contributed by atoms with E-state index >= 15 is 0 Å². The molecule has 6 aromatic carbocycles. The Morgan fingerprint density at radius 1 is 0.369 bits per heavy atom. The van der Waals surface area contributed by atoms with Gasteiger partial charge in [-0.2, -0.15) is 44.9 Å².